The number of benzene rings is 3. The molecule has 0 aliphatic heterocycles. The summed E-state index contributed by atoms with van der Waals surface area (Å²) >= 11 is 1.50. The van der Waals surface area contributed by atoms with Gasteiger partial charge in [0.2, 0.25) is 35.4 Å². The zero-order valence-electron chi connectivity index (χ0n) is 42.1. The molecule has 5 aromatic rings. The van der Waals surface area contributed by atoms with E-state index in [1.54, 1.807) is 12.4 Å². The Morgan fingerprint density at radius 1 is 0.693 bits per heavy atom. The Bertz CT molecular complexity index is 2750. The molecular weight excluding hydrogens is 998 g/mol. The molecule has 406 valence electrons. The van der Waals surface area contributed by atoms with Gasteiger partial charge in [0, 0.05) is 67.1 Å². The number of aromatic amines is 2. The van der Waals surface area contributed by atoms with Gasteiger partial charge in [-0.05, 0) is 72.4 Å². The number of carbonyl (C=O) groups is 7. The molecule has 75 heavy (non-hydrogen) atoms. The number of alkyl halides is 3. The van der Waals surface area contributed by atoms with E-state index in [0.29, 0.717) is 18.6 Å². The van der Waals surface area contributed by atoms with Crippen molar-refractivity contribution in [2.45, 2.75) is 101 Å². The van der Waals surface area contributed by atoms with Crippen LogP contribution < -0.4 is 44.2 Å². The highest BCUT2D eigenvalue weighted by Gasteiger charge is 2.39. The summed E-state index contributed by atoms with van der Waals surface area (Å²) in [6, 6.07) is 17.5. The van der Waals surface area contributed by atoms with E-state index in [0.717, 1.165) is 38.5 Å². The number of aliphatic carboxylic acids is 1. The van der Waals surface area contributed by atoms with Gasteiger partial charge < -0.3 is 64.2 Å². The average molecular weight is 1070 g/mol. The number of hydrogen-bond donors (Lipinski definition) is 11. The number of H-pyrrole nitrogens is 2. The van der Waals surface area contributed by atoms with Crippen LogP contribution in [0.3, 0.4) is 0 Å². The lowest BCUT2D eigenvalue weighted by Gasteiger charge is -2.33. The van der Waals surface area contributed by atoms with Gasteiger partial charge in [-0.1, -0.05) is 80.6 Å². The summed E-state index contributed by atoms with van der Waals surface area (Å²) in [7, 11) is 1.49. The molecule has 0 spiro atoms. The number of para-hydroxylation sites is 2. The van der Waals surface area contributed by atoms with Gasteiger partial charge in [0.05, 0.1) is 6.04 Å². The van der Waals surface area contributed by atoms with Gasteiger partial charge in [0.25, 0.3) is 0 Å². The Labute approximate surface area is 436 Å². The number of nitrogens with two attached hydrogens (primary N) is 4. The lowest BCUT2D eigenvalue weighted by Crippen LogP contribution is -2.60. The van der Waals surface area contributed by atoms with Gasteiger partial charge in [0.15, 0.2) is 5.96 Å². The molecule has 0 fully saturated rings. The standard InChI is InChI=1S/C49H66N12O6S.C2HF3O2/c1-29(2)23-39(45(64)57-38(43(51)62)20-22-68-4)58-46(65)40(25-31-27-55-36-18-10-8-15-33(31)36)59-47(66)42(24-30-13-6-5-7-14-30)61(3)48(67)41(26-32-28-56-37-19-11-9-16-34(32)37)60-44(63)35(50)17-12-21-54-49(52)53;3-2(4,5)1(6)7/h5-11,13-16,18-19,27-29,35,38-42,55-56H,12,17,20-26,50H2,1-4H3,(H2,51,62)(H,57,64)(H,58,65)(H,59,66)(H,60,63)(H4,52,53,54);(H,6,7)/t35-,38-,39-,40+,41+,42-;/m0./s1. The van der Waals surface area contributed by atoms with Crippen LogP contribution in [-0.4, -0.2) is 135 Å². The van der Waals surface area contributed by atoms with E-state index in [-0.39, 0.29) is 50.5 Å². The smallest absolute Gasteiger partial charge is 0.475 e. The van der Waals surface area contributed by atoms with E-state index in [1.165, 1.54) is 23.7 Å². The summed E-state index contributed by atoms with van der Waals surface area (Å²) in [5, 5.41) is 20.2. The first-order valence-corrected chi connectivity index (χ1v) is 25.4. The normalized spacial score (nSPS) is 13.7. The maximum Gasteiger partial charge on any atom is 0.490 e. The van der Waals surface area contributed by atoms with Gasteiger partial charge in [0.1, 0.15) is 30.2 Å². The van der Waals surface area contributed by atoms with E-state index in [9.17, 15) is 41.9 Å². The Hall–Kier alpha value is -7.60. The molecule has 0 unspecified atom stereocenters. The number of carbonyl (C=O) groups excluding carboxylic acids is 6. The minimum absolute atomic E-state index is 0.00523. The number of halogens is 3. The largest absolute Gasteiger partial charge is 0.490 e. The quantitative estimate of drug-likeness (QED) is 0.0216. The Balaban J connectivity index is 0.00000162. The fraction of sp³-hybridized carbons (Fsp3) is 0.412. The molecule has 0 radical (unpaired) electrons. The highest BCUT2D eigenvalue weighted by atomic mass is 32.2. The Morgan fingerprint density at radius 2 is 1.19 bits per heavy atom. The molecule has 24 heteroatoms. The maximum atomic E-state index is 15.0. The summed E-state index contributed by atoms with van der Waals surface area (Å²) < 4.78 is 31.7. The summed E-state index contributed by atoms with van der Waals surface area (Å²) in [6.07, 6.45) is 1.60. The fourth-order valence-electron chi connectivity index (χ4n) is 8.06. The van der Waals surface area contributed by atoms with Gasteiger partial charge >= 0.3 is 12.1 Å². The Kier molecular flexibility index (Phi) is 23.0. The van der Waals surface area contributed by atoms with Crippen molar-refractivity contribution >= 4 is 80.9 Å². The molecule has 0 saturated heterocycles. The van der Waals surface area contributed by atoms with Gasteiger partial charge in [-0.25, -0.2) is 4.79 Å². The van der Waals surface area contributed by atoms with Crippen molar-refractivity contribution in [3.8, 4) is 0 Å². The molecule has 5 rings (SSSR count). The lowest BCUT2D eigenvalue weighted by atomic mass is 9.98. The van der Waals surface area contributed by atoms with Crippen LogP contribution >= 0.6 is 11.8 Å². The molecule has 0 aliphatic carbocycles. The first-order chi connectivity index (χ1) is 35.5. The number of likely N-dealkylation sites (N-methyl/N-ethyl adjacent to an activating group) is 1. The zero-order valence-corrected chi connectivity index (χ0v) is 42.9. The second-order valence-electron chi connectivity index (χ2n) is 18.2. The lowest BCUT2D eigenvalue weighted by molar-refractivity contribution is -0.192. The molecule has 6 atom stereocenters. The van der Waals surface area contributed by atoms with Crippen molar-refractivity contribution in [3.05, 3.63) is 108 Å². The number of carboxylic acid groups (broad SMARTS) is 1. The van der Waals surface area contributed by atoms with Crippen molar-refractivity contribution in [1.29, 1.82) is 0 Å². The second-order valence-corrected chi connectivity index (χ2v) is 19.2. The maximum absolute atomic E-state index is 15.0. The van der Waals surface area contributed by atoms with Crippen molar-refractivity contribution in [2.75, 3.05) is 25.6 Å². The van der Waals surface area contributed by atoms with Crippen LogP contribution in [-0.2, 0) is 52.8 Å². The summed E-state index contributed by atoms with van der Waals surface area (Å²) in [5.74, 6) is -6.08. The predicted octanol–water partition coefficient (Wildman–Crippen LogP) is 2.74. The van der Waals surface area contributed by atoms with E-state index >= 15 is 0 Å². The van der Waals surface area contributed by atoms with Crippen LogP contribution in [0.2, 0.25) is 0 Å². The first kappa shape index (κ1) is 60.0. The molecule has 0 aliphatic rings. The van der Waals surface area contributed by atoms with Gasteiger partial charge in [-0.3, -0.25) is 33.8 Å². The molecule has 3 aromatic carbocycles. The topological polar surface area (TPSA) is 339 Å². The monoisotopic (exact) mass is 1060 g/mol. The van der Waals surface area contributed by atoms with Crippen LogP contribution in [0.5, 0.6) is 0 Å². The SMILES string of the molecule is CSCC[C@H](NC(=O)[C@H](CC(C)C)NC(=O)[C@@H](Cc1c[nH]c2ccccc12)NC(=O)[C@H](Cc1ccccc1)N(C)C(=O)[C@@H](Cc1c[nH]c2ccccc12)NC(=O)[C@@H](N)CCCN=C(N)N)C(N)=O.O=C(O)C(F)(F)F. The Morgan fingerprint density at radius 3 is 1.71 bits per heavy atom. The molecule has 0 bridgehead atoms. The number of carboxylic acids is 1. The predicted molar refractivity (Wildman–Crippen MR) is 282 cm³/mol. The number of hydrogen-bond acceptors (Lipinski definition) is 10. The van der Waals surface area contributed by atoms with E-state index in [1.807, 2.05) is 99.0 Å². The average Bonchev–Trinajstić information content (AvgIpc) is 3.98. The number of thioether (sulfide) groups is 1. The van der Waals surface area contributed by atoms with Crippen molar-refractivity contribution in [2.24, 2.45) is 33.8 Å². The molecule has 2 aromatic heterocycles. The third kappa shape index (κ3) is 18.7. The van der Waals surface area contributed by atoms with Crippen LogP contribution in [0, 0.1) is 5.92 Å². The van der Waals surface area contributed by atoms with E-state index < -0.39 is 83.8 Å². The van der Waals surface area contributed by atoms with Crippen LogP contribution in [0.1, 0.15) is 56.2 Å². The minimum atomic E-state index is -5.08. The number of nitrogens with zero attached hydrogens (tertiary/aromatic N) is 2. The van der Waals surface area contributed by atoms with E-state index in [4.69, 9.17) is 32.8 Å². The number of primary amides is 1. The number of aliphatic imine (C=N–C) groups is 1. The second kappa shape index (κ2) is 28.7. The number of amides is 6. The summed E-state index contributed by atoms with van der Waals surface area (Å²) in [6.45, 7) is 4.06. The van der Waals surface area contributed by atoms with Crippen molar-refractivity contribution in [3.63, 3.8) is 0 Å². The van der Waals surface area contributed by atoms with Crippen molar-refractivity contribution in [1.82, 2.24) is 36.1 Å². The molecule has 2 heterocycles. The van der Waals surface area contributed by atoms with E-state index in [2.05, 4.69) is 36.2 Å². The third-order valence-corrected chi connectivity index (χ3v) is 12.6. The molecule has 0 saturated carbocycles. The highest BCUT2D eigenvalue weighted by Crippen LogP contribution is 2.23. The first-order valence-electron chi connectivity index (χ1n) is 24.0. The molecule has 20 nitrogen and oxygen atoms in total. The van der Waals surface area contributed by atoms with Gasteiger partial charge in [-0.15, -0.1) is 0 Å². The molecular formula is C51H67F3N12O8S. The minimum Gasteiger partial charge on any atom is -0.475 e. The highest BCUT2D eigenvalue weighted by molar-refractivity contribution is 7.98. The van der Waals surface area contributed by atoms with Crippen LogP contribution in [0.25, 0.3) is 21.8 Å². The number of rotatable bonds is 26. The number of guanidine groups is 1. The van der Waals surface area contributed by atoms with Gasteiger partial charge in [-0.2, -0.15) is 24.9 Å². The summed E-state index contributed by atoms with van der Waals surface area (Å²) in [4.78, 5) is 105. The number of nitrogens with one attached hydrogen (secondary N) is 6. The fourth-order valence-corrected chi connectivity index (χ4v) is 8.53. The zero-order chi connectivity index (χ0) is 55.4. The number of fused-ring (bicyclic) bond motifs is 2. The van der Waals surface area contributed by atoms with Crippen molar-refractivity contribution < 1.29 is 51.8 Å². The number of aromatic nitrogens is 2. The summed E-state index contributed by atoms with van der Waals surface area (Å²) in [5.41, 5.74) is 26.8. The molecule has 15 N–H and O–H groups in total. The molecule has 6 amide bonds. The van der Waals surface area contributed by atoms with Crippen LogP contribution in [0.4, 0.5) is 13.2 Å². The third-order valence-electron chi connectivity index (χ3n) is 12.0. The van der Waals surface area contributed by atoms with Crippen LogP contribution in [0.15, 0.2) is 96.2 Å².